The van der Waals surface area contributed by atoms with Gasteiger partial charge in [-0.15, -0.1) is 0 Å². The fourth-order valence-electron chi connectivity index (χ4n) is 0.834. The summed E-state index contributed by atoms with van der Waals surface area (Å²) in [6.07, 6.45) is 1.47. The number of carbonyl (C=O) groups is 1. The molecule has 1 rings (SSSR count). The zero-order valence-electron chi connectivity index (χ0n) is 6.99. The Hall–Kier alpha value is -0.940. The van der Waals surface area contributed by atoms with Gasteiger partial charge in [0.1, 0.15) is 6.04 Å². The van der Waals surface area contributed by atoms with Gasteiger partial charge in [-0.2, -0.15) is 0 Å². The number of nitrogens with two attached hydrogens (primary N) is 1. The van der Waals surface area contributed by atoms with Crippen molar-refractivity contribution in [2.75, 3.05) is 0 Å². The summed E-state index contributed by atoms with van der Waals surface area (Å²) in [6, 6.07) is 0.658. The molecule has 0 aliphatic carbocycles. The Balaban J connectivity index is 3.03. The maximum atomic E-state index is 10.5. The molecule has 5 heteroatoms. The van der Waals surface area contributed by atoms with E-state index in [4.69, 9.17) is 10.8 Å². The van der Waals surface area contributed by atoms with E-state index in [1.165, 1.54) is 6.20 Å². The van der Waals surface area contributed by atoms with Crippen LogP contribution in [0.15, 0.2) is 16.7 Å². The number of rotatable bonds is 2. The summed E-state index contributed by atoms with van der Waals surface area (Å²) >= 11 is 3.25. The van der Waals surface area contributed by atoms with Crippen molar-refractivity contribution in [1.29, 1.82) is 0 Å². The van der Waals surface area contributed by atoms with Crippen LogP contribution in [0.5, 0.6) is 0 Å². The molecule has 1 heterocycles. The molecule has 0 amide bonds. The Morgan fingerprint density at radius 3 is 2.85 bits per heavy atom. The summed E-state index contributed by atoms with van der Waals surface area (Å²) in [6.45, 7) is 1.82. The second-order valence-electron chi connectivity index (χ2n) is 2.65. The summed E-state index contributed by atoms with van der Waals surface area (Å²) in [7, 11) is 0. The van der Waals surface area contributed by atoms with E-state index < -0.39 is 12.0 Å². The number of pyridine rings is 1. The fourth-order valence-corrected chi connectivity index (χ4v) is 1.20. The van der Waals surface area contributed by atoms with E-state index in [9.17, 15) is 4.79 Å². The summed E-state index contributed by atoms with van der Waals surface area (Å²) in [5.41, 5.74) is 6.69. The van der Waals surface area contributed by atoms with E-state index in [-0.39, 0.29) is 0 Å². The van der Waals surface area contributed by atoms with E-state index in [1.807, 2.05) is 6.92 Å². The molecule has 70 valence electrons. The maximum Gasteiger partial charge on any atom is 0.325 e. The predicted octanol–water partition coefficient (Wildman–Crippen LogP) is 1.24. The second-order valence-corrected chi connectivity index (χ2v) is 3.51. The zero-order valence-corrected chi connectivity index (χ0v) is 8.58. The summed E-state index contributed by atoms with van der Waals surface area (Å²) in [4.78, 5) is 14.5. The fraction of sp³-hybridized carbons (Fsp3) is 0.250. The lowest BCUT2D eigenvalue weighted by Gasteiger charge is -2.07. The minimum Gasteiger partial charge on any atom is -0.480 e. The molecule has 0 aliphatic rings. The minimum absolute atomic E-state index is 0.491. The van der Waals surface area contributed by atoms with Crippen LogP contribution in [0.25, 0.3) is 0 Å². The Labute approximate surface area is 83.9 Å². The number of aromatic nitrogens is 1. The van der Waals surface area contributed by atoms with Crippen LogP contribution in [0.1, 0.15) is 17.3 Å². The largest absolute Gasteiger partial charge is 0.480 e. The van der Waals surface area contributed by atoms with Gasteiger partial charge in [0.05, 0.1) is 5.69 Å². The molecular formula is C8H9BrN2O2. The number of hydrogen-bond donors (Lipinski definition) is 2. The summed E-state index contributed by atoms with van der Waals surface area (Å²) in [5, 5.41) is 8.63. The molecule has 0 radical (unpaired) electrons. The highest BCUT2D eigenvalue weighted by Crippen LogP contribution is 2.18. The zero-order chi connectivity index (χ0) is 10.0. The van der Waals surface area contributed by atoms with Crippen LogP contribution < -0.4 is 5.73 Å². The molecule has 0 spiro atoms. The Morgan fingerprint density at radius 2 is 2.38 bits per heavy atom. The van der Waals surface area contributed by atoms with E-state index in [0.717, 1.165) is 10.2 Å². The van der Waals surface area contributed by atoms with Crippen molar-refractivity contribution in [3.63, 3.8) is 0 Å². The van der Waals surface area contributed by atoms with Crippen molar-refractivity contribution in [3.05, 3.63) is 28.0 Å². The Morgan fingerprint density at radius 1 is 1.77 bits per heavy atom. The lowest BCUT2D eigenvalue weighted by Crippen LogP contribution is -2.20. The second kappa shape index (κ2) is 3.85. The van der Waals surface area contributed by atoms with Crippen LogP contribution in [0.2, 0.25) is 0 Å². The smallest absolute Gasteiger partial charge is 0.325 e. The third-order valence-electron chi connectivity index (χ3n) is 1.67. The molecule has 0 aromatic carbocycles. The molecule has 0 aliphatic heterocycles. The topological polar surface area (TPSA) is 76.2 Å². The standard InChI is InChI=1S/C8H9BrN2O2/c1-4-6(9)2-5(3-11-4)7(10)8(12)13/h2-3,7H,10H2,1H3,(H,12,13). The van der Waals surface area contributed by atoms with Crippen molar-refractivity contribution >= 4 is 21.9 Å². The van der Waals surface area contributed by atoms with Gasteiger partial charge in [0.2, 0.25) is 0 Å². The van der Waals surface area contributed by atoms with E-state index in [0.29, 0.717) is 5.56 Å². The minimum atomic E-state index is -1.06. The highest BCUT2D eigenvalue weighted by Gasteiger charge is 2.14. The van der Waals surface area contributed by atoms with Gasteiger partial charge in [0.15, 0.2) is 0 Å². The van der Waals surface area contributed by atoms with E-state index in [2.05, 4.69) is 20.9 Å². The lowest BCUT2D eigenvalue weighted by molar-refractivity contribution is -0.138. The average molecular weight is 245 g/mol. The molecule has 1 atom stereocenters. The van der Waals surface area contributed by atoms with Crippen LogP contribution in [0.4, 0.5) is 0 Å². The van der Waals surface area contributed by atoms with Crippen LogP contribution in [-0.4, -0.2) is 16.1 Å². The monoisotopic (exact) mass is 244 g/mol. The molecule has 1 aromatic rings. The number of aryl methyl sites for hydroxylation is 1. The average Bonchev–Trinajstić information content (AvgIpc) is 2.08. The first-order chi connectivity index (χ1) is 6.02. The van der Waals surface area contributed by atoms with Crippen LogP contribution in [0, 0.1) is 6.92 Å². The SMILES string of the molecule is Cc1ncc(C(N)C(=O)O)cc1Br. The van der Waals surface area contributed by atoms with Gasteiger partial charge >= 0.3 is 5.97 Å². The highest BCUT2D eigenvalue weighted by atomic mass is 79.9. The summed E-state index contributed by atoms with van der Waals surface area (Å²) < 4.78 is 0.765. The molecule has 0 saturated carbocycles. The number of carboxylic acid groups (broad SMARTS) is 1. The first kappa shape index (κ1) is 10.1. The Kier molecular flexibility index (Phi) is 3.00. The van der Waals surface area contributed by atoms with Gasteiger partial charge in [0.25, 0.3) is 0 Å². The quantitative estimate of drug-likeness (QED) is 0.821. The van der Waals surface area contributed by atoms with Crippen LogP contribution in [-0.2, 0) is 4.79 Å². The van der Waals surface area contributed by atoms with Crippen LogP contribution in [0.3, 0.4) is 0 Å². The van der Waals surface area contributed by atoms with Crippen molar-refractivity contribution in [2.24, 2.45) is 5.73 Å². The highest BCUT2D eigenvalue weighted by molar-refractivity contribution is 9.10. The van der Waals surface area contributed by atoms with Crippen LogP contribution >= 0.6 is 15.9 Å². The Bertz CT molecular complexity index is 341. The van der Waals surface area contributed by atoms with Gasteiger partial charge in [-0.25, -0.2) is 0 Å². The number of hydrogen-bond acceptors (Lipinski definition) is 3. The number of carboxylic acids is 1. The summed E-state index contributed by atoms with van der Waals surface area (Å²) in [5.74, 6) is -1.06. The van der Waals surface area contributed by atoms with Gasteiger partial charge < -0.3 is 10.8 Å². The van der Waals surface area contributed by atoms with Crippen molar-refractivity contribution in [1.82, 2.24) is 4.98 Å². The van der Waals surface area contributed by atoms with E-state index in [1.54, 1.807) is 6.07 Å². The normalized spacial score (nSPS) is 12.5. The number of aliphatic carboxylic acids is 1. The van der Waals surface area contributed by atoms with Gasteiger partial charge in [-0.05, 0) is 34.5 Å². The van der Waals surface area contributed by atoms with E-state index >= 15 is 0 Å². The van der Waals surface area contributed by atoms with Gasteiger partial charge in [-0.1, -0.05) is 0 Å². The van der Waals surface area contributed by atoms with Crippen molar-refractivity contribution < 1.29 is 9.90 Å². The van der Waals surface area contributed by atoms with Crippen molar-refractivity contribution in [3.8, 4) is 0 Å². The molecule has 1 unspecified atom stereocenters. The lowest BCUT2D eigenvalue weighted by atomic mass is 10.1. The molecule has 1 aromatic heterocycles. The molecule has 0 bridgehead atoms. The third kappa shape index (κ3) is 2.26. The molecule has 0 fully saturated rings. The molecule has 4 nitrogen and oxygen atoms in total. The predicted molar refractivity (Wildman–Crippen MR) is 51.2 cm³/mol. The van der Waals surface area contributed by atoms with Gasteiger partial charge in [0, 0.05) is 10.7 Å². The van der Waals surface area contributed by atoms with Gasteiger partial charge in [-0.3, -0.25) is 9.78 Å². The molecule has 13 heavy (non-hydrogen) atoms. The maximum absolute atomic E-state index is 10.5. The third-order valence-corrected chi connectivity index (χ3v) is 2.47. The molecule has 0 saturated heterocycles. The first-order valence-electron chi connectivity index (χ1n) is 3.63. The molecule has 3 N–H and O–H groups in total. The van der Waals surface area contributed by atoms with Crippen molar-refractivity contribution in [2.45, 2.75) is 13.0 Å². The molecular weight excluding hydrogens is 236 g/mol. The number of halogens is 1. The number of nitrogens with zero attached hydrogens (tertiary/aromatic N) is 1. The first-order valence-corrected chi connectivity index (χ1v) is 4.42.